The van der Waals surface area contributed by atoms with Gasteiger partial charge in [0, 0.05) is 8.04 Å². The fraction of sp³-hybridized carbons (Fsp3) is 0.250. The molecule has 0 aliphatic carbocycles. The number of halogens is 2. The van der Waals surface area contributed by atoms with E-state index < -0.39 is 0 Å². The molecular weight excluding hydrogens is 399 g/mol. The second-order valence-corrected chi connectivity index (χ2v) is 6.62. The van der Waals surface area contributed by atoms with Crippen LogP contribution in [0.2, 0.25) is 0 Å². The van der Waals surface area contributed by atoms with Gasteiger partial charge in [-0.15, -0.1) is 0 Å². The summed E-state index contributed by atoms with van der Waals surface area (Å²) in [5, 5.41) is 0. The third-order valence-corrected chi connectivity index (χ3v) is 4.69. The first kappa shape index (κ1) is 14.1. The fourth-order valence-corrected chi connectivity index (χ4v) is 3.61. The van der Waals surface area contributed by atoms with Gasteiger partial charge in [0.05, 0.1) is 0 Å². The van der Waals surface area contributed by atoms with Crippen LogP contribution in [0.1, 0.15) is 29.2 Å². The van der Waals surface area contributed by atoms with Crippen LogP contribution in [0.15, 0.2) is 40.9 Å². The number of aryl methyl sites for hydroxylation is 1. The molecule has 0 atom stereocenters. The Morgan fingerprint density at radius 3 is 2.28 bits per heavy atom. The van der Waals surface area contributed by atoms with Crippen molar-refractivity contribution in [1.29, 1.82) is 0 Å². The van der Waals surface area contributed by atoms with E-state index in [4.69, 9.17) is 0 Å². The highest BCUT2D eigenvalue weighted by Crippen LogP contribution is 2.25. The van der Waals surface area contributed by atoms with Crippen molar-refractivity contribution in [2.75, 3.05) is 0 Å². The lowest BCUT2D eigenvalue weighted by Crippen LogP contribution is -1.94. The zero-order valence-corrected chi connectivity index (χ0v) is 14.4. The smallest absolute Gasteiger partial charge is 0.0217 e. The molecule has 2 aromatic carbocycles. The molecule has 0 aliphatic rings. The highest BCUT2D eigenvalue weighted by molar-refractivity contribution is 14.1. The van der Waals surface area contributed by atoms with Crippen LogP contribution in [-0.4, -0.2) is 0 Å². The standard InChI is InChI=1S/C16H16BrI/c1-3-12-4-6-13(7-5-12)8-14-9-15(18)10-16(17)11(14)2/h4-7,9-10H,3,8H2,1-2H3. The van der Waals surface area contributed by atoms with Crippen molar-refractivity contribution >= 4 is 38.5 Å². The molecule has 18 heavy (non-hydrogen) atoms. The van der Waals surface area contributed by atoms with Gasteiger partial charge in [-0.2, -0.15) is 0 Å². The fourth-order valence-electron chi connectivity index (χ4n) is 2.00. The second-order valence-electron chi connectivity index (χ2n) is 4.52. The van der Waals surface area contributed by atoms with E-state index in [-0.39, 0.29) is 0 Å². The number of rotatable bonds is 3. The number of hydrogen-bond donors (Lipinski definition) is 0. The summed E-state index contributed by atoms with van der Waals surface area (Å²) in [6.45, 7) is 4.37. The summed E-state index contributed by atoms with van der Waals surface area (Å²) in [6, 6.07) is 13.4. The maximum atomic E-state index is 3.63. The summed E-state index contributed by atoms with van der Waals surface area (Å²) in [4.78, 5) is 0. The lowest BCUT2D eigenvalue weighted by molar-refractivity contribution is 1.11. The van der Waals surface area contributed by atoms with E-state index >= 15 is 0 Å². The summed E-state index contributed by atoms with van der Waals surface area (Å²) < 4.78 is 2.49. The van der Waals surface area contributed by atoms with E-state index in [1.165, 1.54) is 30.3 Å². The van der Waals surface area contributed by atoms with Gasteiger partial charge in [0.1, 0.15) is 0 Å². The van der Waals surface area contributed by atoms with Crippen LogP contribution in [0.25, 0.3) is 0 Å². The molecule has 0 unspecified atom stereocenters. The summed E-state index contributed by atoms with van der Waals surface area (Å²) in [5.41, 5.74) is 5.52. The van der Waals surface area contributed by atoms with Crippen LogP contribution in [0, 0.1) is 10.5 Å². The van der Waals surface area contributed by atoms with Crippen LogP contribution in [0.3, 0.4) is 0 Å². The van der Waals surface area contributed by atoms with Gasteiger partial charge in [0.15, 0.2) is 0 Å². The Hall–Kier alpha value is -0.350. The summed E-state index contributed by atoms with van der Waals surface area (Å²) in [7, 11) is 0. The van der Waals surface area contributed by atoms with Gasteiger partial charge in [-0.3, -0.25) is 0 Å². The van der Waals surface area contributed by atoms with Gasteiger partial charge in [0.25, 0.3) is 0 Å². The molecular formula is C16H16BrI. The SMILES string of the molecule is CCc1ccc(Cc2cc(I)cc(Br)c2C)cc1. The summed E-state index contributed by atoms with van der Waals surface area (Å²) >= 11 is 6.00. The highest BCUT2D eigenvalue weighted by atomic mass is 127. The Morgan fingerprint density at radius 1 is 1.06 bits per heavy atom. The van der Waals surface area contributed by atoms with Crippen LogP contribution in [0.5, 0.6) is 0 Å². The van der Waals surface area contributed by atoms with E-state index in [0.717, 1.165) is 12.8 Å². The van der Waals surface area contributed by atoms with Crippen molar-refractivity contribution in [3.63, 3.8) is 0 Å². The minimum atomic E-state index is 1.01. The van der Waals surface area contributed by atoms with Crippen molar-refractivity contribution in [1.82, 2.24) is 0 Å². The van der Waals surface area contributed by atoms with Gasteiger partial charge < -0.3 is 0 Å². The van der Waals surface area contributed by atoms with Gasteiger partial charge in [-0.05, 0) is 76.7 Å². The third-order valence-electron chi connectivity index (χ3n) is 3.24. The maximum Gasteiger partial charge on any atom is 0.0217 e. The molecule has 0 nitrogen and oxygen atoms in total. The van der Waals surface area contributed by atoms with Gasteiger partial charge in [0.2, 0.25) is 0 Å². The molecule has 2 rings (SSSR count). The number of hydrogen-bond acceptors (Lipinski definition) is 0. The average molecular weight is 415 g/mol. The van der Waals surface area contributed by atoms with E-state index in [9.17, 15) is 0 Å². The normalized spacial score (nSPS) is 10.7. The topological polar surface area (TPSA) is 0 Å². The van der Waals surface area contributed by atoms with Crippen molar-refractivity contribution in [2.45, 2.75) is 26.7 Å². The highest BCUT2D eigenvalue weighted by Gasteiger charge is 2.05. The third kappa shape index (κ3) is 3.35. The van der Waals surface area contributed by atoms with E-state index in [1.54, 1.807) is 0 Å². The van der Waals surface area contributed by atoms with Crippen molar-refractivity contribution < 1.29 is 0 Å². The quantitative estimate of drug-likeness (QED) is 0.580. The first-order valence-electron chi connectivity index (χ1n) is 6.12. The van der Waals surface area contributed by atoms with Gasteiger partial charge in [-0.25, -0.2) is 0 Å². The molecule has 0 saturated heterocycles. The molecule has 2 heteroatoms. The first-order valence-corrected chi connectivity index (χ1v) is 7.99. The lowest BCUT2D eigenvalue weighted by atomic mass is 9.99. The summed E-state index contributed by atoms with van der Waals surface area (Å²) in [6.07, 6.45) is 2.11. The second kappa shape index (κ2) is 6.20. The predicted octanol–water partition coefficient (Wildman–Crippen LogP) is 5.52. The Kier molecular flexibility index (Phi) is 4.84. The summed E-state index contributed by atoms with van der Waals surface area (Å²) in [5.74, 6) is 0. The molecule has 0 bridgehead atoms. The van der Waals surface area contributed by atoms with Gasteiger partial charge >= 0.3 is 0 Å². The molecule has 0 fully saturated rings. The van der Waals surface area contributed by atoms with E-state index in [1.807, 2.05) is 0 Å². The first-order chi connectivity index (χ1) is 8.60. The molecule has 2 aromatic rings. The van der Waals surface area contributed by atoms with Crippen LogP contribution < -0.4 is 0 Å². The zero-order chi connectivity index (χ0) is 13.1. The minimum Gasteiger partial charge on any atom is -0.0613 e. The Balaban J connectivity index is 2.27. The molecule has 94 valence electrons. The molecule has 0 N–H and O–H groups in total. The molecule has 0 radical (unpaired) electrons. The van der Waals surface area contributed by atoms with E-state index in [2.05, 4.69) is 88.8 Å². The zero-order valence-electron chi connectivity index (χ0n) is 10.6. The van der Waals surface area contributed by atoms with Gasteiger partial charge in [-0.1, -0.05) is 47.1 Å². The monoisotopic (exact) mass is 414 g/mol. The predicted molar refractivity (Wildman–Crippen MR) is 90.2 cm³/mol. The number of benzene rings is 2. The van der Waals surface area contributed by atoms with Crippen molar-refractivity contribution in [2.24, 2.45) is 0 Å². The Bertz CT molecular complexity index is 544. The van der Waals surface area contributed by atoms with Crippen molar-refractivity contribution in [3.8, 4) is 0 Å². The van der Waals surface area contributed by atoms with Crippen LogP contribution in [0.4, 0.5) is 0 Å². The minimum absolute atomic E-state index is 1.01. The van der Waals surface area contributed by atoms with Crippen molar-refractivity contribution in [3.05, 3.63) is 66.7 Å². The Morgan fingerprint density at radius 2 is 1.67 bits per heavy atom. The lowest BCUT2D eigenvalue weighted by Gasteiger charge is -2.09. The molecule has 0 amide bonds. The van der Waals surface area contributed by atoms with E-state index in [0.29, 0.717) is 0 Å². The average Bonchev–Trinajstić information content (AvgIpc) is 2.36. The molecule has 0 heterocycles. The molecule has 0 aromatic heterocycles. The largest absolute Gasteiger partial charge is 0.0613 e. The molecule has 0 aliphatic heterocycles. The Labute approximate surface area is 131 Å². The maximum absolute atomic E-state index is 3.63. The van der Waals surface area contributed by atoms with Crippen LogP contribution >= 0.6 is 38.5 Å². The molecule has 0 saturated carbocycles. The molecule has 0 spiro atoms. The van der Waals surface area contributed by atoms with Crippen LogP contribution in [-0.2, 0) is 12.8 Å².